The summed E-state index contributed by atoms with van der Waals surface area (Å²) in [5.41, 5.74) is 2.49. The van der Waals surface area contributed by atoms with Crippen molar-refractivity contribution in [3.63, 3.8) is 0 Å². The van der Waals surface area contributed by atoms with Crippen LogP contribution >= 0.6 is 0 Å². The monoisotopic (exact) mass is 361 g/mol. The molecule has 3 rings (SSSR count). The fraction of sp³-hybridized carbons (Fsp3) is 0.292. The van der Waals surface area contributed by atoms with Crippen LogP contribution in [0.25, 0.3) is 10.8 Å². The van der Waals surface area contributed by atoms with Gasteiger partial charge in [-0.15, -0.1) is 0 Å². The lowest BCUT2D eigenvalue weighted by Gasteiger charge is -2.20. The molecular weight excluding hydrogens is 334 g/mol. The minimum atomic E-state index is -0.129. The Hall–Kier alpha value is -2.81. The van der Waals surface area contributed by atoms with E-state index in [2.05, 4.69) is 56.4 Å². The molecule has 0 unspecified atom stereocenters. The topological polar surface area (TPSA) is 38.3 Å². The van der Waals surface area contributed by atoms with Gasteiger partial charge in [-0.3, -0.25) is 4.79 Å². The van der Waals surface area contributed by atoms with Crippen molar-refractivity contribution in [1.82, 2.24) is 5.32 Å². The molecule has 1 amide bonds. The third kappa shape index (κ3) is 4.88. The average molecular weight is 361 g/mol. The molecule has 3 heteroatoms. The fourth-order valence-electron chi connectivity index (χ4n) is 3.04. The number of fused-ring (bicyclic) bond motifs is 1. The van der Waals surface area contributed by atoms with Gasteiger partial charge in [0.05, 0.1) is 6.04 Å². The van der Waals surface area contributed by atoms with Gasteiger partial charge in [0, 0.05) is 0 Å². The number of ether oxygens (including phenoxy) is 1. The highest BCUT2D eigenvalue weighted by molar-refractivity contribution is 5.84. The van der Waals surface area contributed by atoms with Crippen LogP contribution in [0.15, 0.2) is 66.7 Å². The molecule has 1 N–H and O–H groups in total. The molecule has 0 saturated carbocycles. The molecule has 0 aliphatic heterocycles. The SMILES string of the molecule is C[C@@H](NC(=O)COc1ccc2ccccc2c1)c1ccc(C(C)(C)C)cc1. The maximum absolute atomic E-state index is 12.3. The molecule has 0 aliphatic carbocycles. The second-order valence-corrected chi connectivity index (χ2v) is 7.96. The second kappa shape index (κ2) is 7.83. The molecule has 3 nitrogen and oxygen atoms in total. The summed E-state index contributed by atoms with van der Waals surface area (Å²) in [6.07, 6.45) is 0. The zero-order chi connectivity index (χ0) is 19.4. The van der Waals surface area contributed by atoms with Gasteiger partial charge in [0.2, 0.25) is 0 Å². The van der Waals surface area contributed by atoms with Crippen molar-refractivity contribution >= 4 is 16.7 Å². The summed E-state index contributed by atoms with van der Waals surface area (Å²) in [4.78, 5) is 12.3. The van der Waals surface area contributed by atoms with Crippen LogP contribution in [0, 0.1) is 0 Å². The van der Waals surface area contributed by atoms with Crippen LogP contribution in [0.1, 0.15) is 44.9 Å². The molecule has 0 heterocycles. The second-order valence-electron chi connectivity index (χ2n) is 7.96. The number of hydrogen-bond acceptors (Lipinski definition) is 2. The van der Waals surface area contributed by atoms with Gasteiger partial charge in [0.25, 0.3) is 5.91 Å². The fourth-order valence-corrected chi connectivity index (χ4v) is 3.04. The Morgan fingerprint density at radius 3 is 2.30 bits per heavy atom. The minimum Gasteiger partial charge on any atom is -0.484 e. The van der Waals surface area contributed by atoms with Crippen molar-refractivity contribution in [3.8, 4) is 5.75 Å². The van der Waals surface area contributed by atoms with E-state index in [-0.39, 0.29) is 24.0 Å². The Morgan fingerprint density at radius 1 is 0.963 bits per heavy atom. The molecule has 3 aromatic carbocycles. The largest absolute Gasteiger partial charge is 0.484 e. The van der Waals surface area contributed by atoms with Crippen molar-refractivity contribution in [2.75, 3.05) is 6.61 Å². The van der Waals surface area contributed by atoms with Crippen LogP contribution in [-0.4, -0.2) is 12.5 Å². The molecule has 0 aliphatic rings. The molecule has 0 fully saturated rings. The van der Waals surface area contributed by atoms with Crippen LogP contribution in [0.3, 0.4) is 0 Å². The number of carbonyl (C=O) groups is 1. The Balaban J connectivity index is 1.56. The summed E-state index contributed by atoms with van der Waals surface area (Å²) in [7, 11) is 0. The summed E-state index contributed by atoms with van der Waals surface area (Å²) in [6.45, 7) is 8.56. The van der Waals surface area contributed by atoms with Gasteiger partial charge >= 0.3 is 0 Å². The first-order chi connectivity index (χ1) is 12.8. The summed E-state index contributed by atoms with van der Waals surface area (Å²) >= 11 is 0. The maximum atomic E-state index is 12.3. The Kier molecular flexibility index (Phi) is 5.50. The van der Waals surface area contributed by atoms with Gasteiger partial charge in [-0.25, -0.2) is 0 Å². The Bertz CT molecular complexity index is 923. The van der Waals surface area contributed by atoms with E-state index >= 15 is 0 Å². The first-order valence-corrected chi connectivity index (χ1v) is 9.34. The predicted molar refractivity (Wildman–Crippen MR) is 111 cm³/mol. The number of benzene rings is 3. The van der Waals surface area contributed by atoms with Crippen LogP contribution in [0.4, 0.5) is 0 Å². The third-order valence-electron chi connectivity index (χ3n) is 4.75. The van der Waals surface area contributed by atoms with E-state index in [4.69, 9.17) is 4.74 Å². The van der Waals surface area contributed by atoms with Crippen molar-refractivity contribution in [3.05, 3.63) is 77.9 Å². The molecule has 3 aromatic rings. The molecule has 1 atom stereocenters. The van der Waals surface area contributed by atoms with Crippen LogP contribution in [-0.2, 0) is 10.2 Å². The molecule has 27 heavy (non-hydrogen) atoms. The normalized spacial score (nSPS) is 12.6. The highest BCUT2D eigenvalue weighted by atomic mass is 16.5. The number of rotatable bonds is 5. The van der Waals surface area contributed by atoms with Crippen LogP contribution in [0.5, 0.6) is 5.75 Å². The highest BCUT2D eigenvalue weighted by Gasteiger charge is 2.15. The zero-order valence-corrected chi connectivity index (χ0v) is 16.5. The maximum Gasteiger partial charge on any atom is 0.258 e. The standard InChI is InChI=1S/C24H27NO2/c1-17(18-9-12-21(13-10-18)24(2,3)4)25-23(26)16-27-22-14-11-19-7-5-6-8-20(19)15-22/h5-15,17H,16H2,1-4H3,(H,25,26)/t17-/m1/s1. The van der Waals surface area contributed by atoms with E-state index < -0.39 is 0 Å². The zero-order valence-electron chi connectivity index (χ0n) is 16.5. The van der Waals surface area contributed by atoms with Crippen LogP contribution < -0.4 is 10.1 Å². The van der Waals surface area contributed by atoms with E-state index in [1.807, 2.05) is 43.3 Å². The first-order valence-electron chi connectivity index (χ1n) is 9.34. The van der Waals surface area contributed by atoms with E-state index in [9.17, 15) is 4.79 Å². The number of nitrogens with one attached hydrogen (secondary N) is 1. The van der Waals surface area contributed by atoms with Crippen molar-refractivity contribution in [1.29, 1.82) is 0 Å². The molecule has 0 aromatic heterocycles. The van der Waals surface area contributed by atoms with Crippen LogP contribution in [0.2, 0.25) is 0 Å². The van der Waals surface area contributed by atoms with Gasteiger partial charge in [0.1, 0.15) is 5.75 Å². The average Bonchev–Trinajstić information content (AvgIpc) is 2.65. The molecular formula is C24H27NO2. The van der Waals surface area contributed by atoms with Gasteiger partial charge in [-0.2, -0.15) is 0 Å². The summed E-state index contributed by atoms with van der Waals surface area (Å²) in [5.74, 6) is 0.571. The lowest BCUT2D eigenvalue weighted by molar-refractivity contribution is -0.123. The summed E-state index contributed by atoms with van der Waals surface area (Å²) < 4.78 is 5.66. The van der Waals surface area contributed by atoms with Crippen molar-refractivity contribution < 1.29 is 9.53 Å². The predicted octanol–water partition coefficient (Wildman–Crippen LogP) is 5.39. The Labute approximate surface area is 161 Å². The third-order valence-corrected chi connectivity index (χ3v) is 4.75. The lowest BCUT2D eigenvalue weighted by Crippen LogP contribution is -2.31. The molecule has 140 valence electrons. The van der Waals surface area contributed by atoms with E-state index in [0.29, 0.717) is 5.75 Å². The van der Waals surface area contributed by atoms with Crippen molar-refractivity contribution in [2.45, 2.75) is 39.2 Å². The van der Waals surface area contributed by atoms with Gasteiger partial charge < -0.3 is 10.1 Å². The lowest BCUT2D eigenvalue weighted by atomic mass is 9.86. The van der Waals surface area contributed by atoms with E-state index in [0.717, 1.165) is 16.3 Å². The highest BCUT2D eigenvalue weighted by Crippen LogP contribution is 2.24. The number of hydrogen-bond donors (Lipinski definition) is 1. The quantitative estimate of drug-likeness (QED) is 0.661. The van der Waals surface area contributed by atoms with Gasteiger partial charge in [-0.1, -0.05) is 75.4 Å². The summed E-state index contributed by atoms with van der Waals surface area (Å²) in [5, 5.41) is 5.25. The molecule has 0 bridgehead atoms. The van der Waals surface area contributed by atoms with Crippen molar-refractivity contribution in [2.24, 2.45) is 0 Å². The first kappa shape index (κ1) is 19.0. The number of amides is 1. The molecule has 0 radical (unpaired) electrons. The minimum absolute atomic E-state index is 0.00273. The van der Waals surface area contributed by atoms with E-state index in [1.165, 1.54) is 5.56 Å². The summed E-state index contributed by atoms with van der Waals surface area (Å²) in [6, 6.07) is 22.3. The van der Waals surface area contributed by atoms with Gasteiger partial charge in [-0.05, 0) is 46.4 Å². The molecule has 0 spiro atoms. The van der Waals surface area contributed by atoms with Gasteiger partial charge in [0.15, 0.2) is 6.61 Å². The number of carbonyl (C=O) groups excluding carboxylic acids is 1. The molecule has 0 saturated heterocycles. The Morgan fingerprint density at radius 2 is 1.63 bits per heavy atom. The smallest absolute Gasteiger partial charge is 0.258 e. The van der Waals surface area contributed by atoms with E-state index in [1.54, 1.807) is 0 Å².